The van der Waals surface area contributed by atoms with Crippen LogP contribution in [-0.2, 0) is 6.54 Å². The van der Waals surface area contributed by atoms with E-state index in [0.29, 0.717) is 49.1 Å². The van der Waals surface area contributed by atoms with E-state index < -0.39 is 23.9 Å². The Balaban J connectivity index is 1.41. The molecule has 0 radical (unpaired) electrons. The lowest BCUT2D eigenvalue weighted by Gasteiger charge is -2.44. The summed E-state index contributed by atoms with van der Waals surface area (Å²) in [6, 6.07) is 0. The van der Waals surface area contributed by atoms with E-state index in [4.69, 9.17) is 0 Å². The fourth-order valence-electron chi connectivity index (χ4n) is 7.64. The van der Waals surface area contributed by atoms with Crippen LogP contribution < -0.4 is 0 Å². The van der Waals surface area contributed by atoms with Gasteiger partial charge in [-0.05, 0) is 111 Å². The second-order valence-corrected chi connectivity index (χ2v) is 13.0. The van der Waals surface area contributed by atoms with Crippen molar-refractivity contribution < 1.29 is 20.4 Å². The van der Waals surface area contributed by atoms with Gasteiger partial charge in [-0.1, -0.05) is 38.2 Å². The molecule has 212 valence electrons. The normalized spacial score (nSPS) is 36.0. The molecule has 4 rings (SSSR count). The van der Waals surface area contributed by atoms with Crippen LogP contribution in [0.5, 0.6) is 0 Å². The highest BCUT2D eigenvalue weighted by Crippen LogP contribution is 2.60. The highest BCUT2D eigenvalue weighted by atomic mass is 16.3. The fraction of sp³-hybridized carbons (Fsp3) is 0.767. The predicted molar refractivity (Wildman–Crippen MR) is 147 cm³/mol. The number of nitrogens with zero attached hydrogens (tertiary/aromatic N) is 4. The number of aliphatic hydroxyl groups is 4. The summed E-state index contributed by atoms with van der Waals surface area (Å²) in [5.74, 6) is 1.33. The van der Waals surface area contributed by atoms with Gasteiger partial charge in [0.1, 0.15) is 0 Å². The molecule has 0 unspecified atom stereocenters. The maximum atomic E-state index is 11.0. The van der Waals surface area contributed by atoms with Crippen molar-refractivity contribution in [1.29, 1.82) is 0 Å². The lowest BCUT2D eigenvalue weighted by molar-refractivity contribution is -0.0554. The molecule has 4 N–H and O–H groups in total. The zero-order valence-electron chi connectivity index (χ0n) is 23.6. The maximum absolute atomic E-state index is 11.0. The Hall–Kier alpha value is -1.87. The van der Waals surface area contributed by atoms with E-state index in [-0.39, 0.29) is 11.3 Å². The highest BCUT2D eigenvalue weighted by Gasteiger charge is 2.50. The summed E-state index contributed by atoms with van der Waals surface area (Å²) >= 11 is 0. The van der Waals surface area contributed by atoms with Crippen molar-refractivity contribution in [3.63, 3.8) is 0 Å². The lowest BCUT2D eigenvalue weighted by atomic mass is 9.60. The highest BCUT2D eigenvalue weighted by molar-refractivity contribution is 5.39. The number of aliphatic hydroxyl groups excluding tert-OH is 3. The van der Waals surface area contributed by atoms with Crippen molar-refractivity contribution in [3.05, 3.63) is 41.8 Å². The minimum Gasteiger partial charge on any atom is -0.392 e. The predicted octanol–water partition coefficient (Wildman–Crippen LogP) is 3.98. The number of hydrogen-bond acceptors (Lipinski definition) is 7. The molecule has 0 spiro atoms. The van der Waals surface area contributed by atoms with Crippen LogP contribution in [0, 0.1) is 29.1 Å². The van der Waals surface area contributed by atoms with Crippen LogP contribution in [0.25, 0.3) is 0 Å². The van der Waals surface area contributed by atoms with Crippen molar-refractivity contribution in [2.24, 2.45) is 29.1 Å². The van der Waals surface area contributed by atoms with Crippen molar-refractivity contribution in [2.75, 3.05) is 0 Å². The maximum Gasteiger partial charge on any atom is 0.162 e. The van der Waals surface area contributed by atoms with Gasteiger partial charge in [0.25, 0.3) is 0 Å². The first-order valence-electron chi connectivity index (χ1n) is 14.5. The van der Waals surface area contributed by atoms with Crippen molar-refractivity contribution in [3.8, 4) is 0 Å². The number of aryl methyl sites for hydroxylation is 1. The largest absolute Gasteiger partial charge is 0.392 e. The van der Waals surface area contributed by atoms with Gasteiger partial charge in [-0.25, -0.2) is 0 Å². The first-order chi connectivity index (χ1) is 17.9. The fourth-order valence-corrected chi connectivity index (χ4v) is 7.64. The standard InChI is InChI=1S/C30H48N4O4/c1-19(8-13-27(36)29(3,4)38)24-11-12-25-21(7-6-15-30(24,25)5)9-10-22-17-26(35)23(28(37)20(22)2)14-16-34-32-18-31-33-34/h9-10,18-19,23-28,35-38H,2,6-8,11-17H2,1,3-5H3/b21-9-,22-10-/t19-,23+,24-,25+,26-,27-,28-,30-/m1/s1. The number of fused-ring (bicyclic) bond motifs is 1. The molecule has 3 aliphatic rings. The van der Waals surface area contributed by atoms with Gasteiger partial charge in [0.15, 0.2) is 6.33 Å². The monoisotopic (exact) mass is 528 g/mol. The second-order valence-electron chi connectivity index (χ2n) is 13.0. The molecular formula is C30H48N4O4. The molecular weight excluding hydrogens is 480 g/mol. The van der Waals surface area contributed by atoms with Gasteiger partial charge in [0.2, 0.25) is 0 Å². The van der Waals surface area contributed by atoms with E-state index in [1.54, 1.807) is 13.8 Å². The third-order valence-corrected chi connectivity index (χ3v) is 10.1. The van der Waals surface area contributed by atoms with Crippen LogP contribution in [0.1, 0.15) is 85.5 Å². The number of aromatic nitrogens is 4. The molecule has 0 amide bonds. The van der Waals surface area contributed by atoms with E-state index in [2.05, 4.69) is 48.0 Å². The quantitative estimate of drug-likeness (QED) is 0.382. The Kier molecular flexibility index (Phi) is 8.97. The van der Waals surface area contributed by atoms with Crippen LogP contribution in [-0.4, -0.2) is 64.5 Å². The van der Waals surface area contributed by atoms with Crippen molar-refractivity contribution >= 4 is 0 Å². The number of allylic oxidation sites excluding steroid dienone is 3. The minimum atomic E-state index is -1.06. The van der Waals surface area contributed by atoms with Gasteiger partial charge in [-0.15, -0.1) is 10.2 Å². The van der Waals surface area contributed by atoms with Gasteiger partial charge < -0.3 is 20.4 Å². The van der Waals surface area contributed by atoms with Gasteiger partial charge in [-0.3, -0.25) is 0 Å². The molecule has 1 aromatic rings. The van der Waals surface area contributed by atoms with E-state index in [0.717, 1.165) is 18.4 Å². The van der Waals surface area contributed by atoms with Crippen LogP contribution in [0.15, 0.2) is 41.8 Å². The Morgan fingerprint density at radius 1 is 1.24 bits per heavy atom. The van der Waals surface area contributed by atoms with E-state index in [9.17, 15) is 20.4 Å². The third-order valence-electron chi connectivity index (χ3n) is 10.1. The second kappa shape index (κ2) is 11.7. The first kappa shape index (κ1) is 29.1. The summed E-state index contributed by atoms with van der Waals surface area (Å²) in [4.78, 5) is 1.48. The van der Waals surface area contributed by atoms with Crippen LogP contribution in [0.3, 0.4) is 0 Å². The van der Waals surface area contributed by atoms with Gasteiger partial charge >= 0.3 is 0 Å². The average molecular weight is 529 g/mol. The molecule has 8 atom stereocenters. The molecule has 1 aromatic heterocycles. The SMILES string of the molecule is C=C1/C(=C\C=C2\CCC[C@]3(C)[C@@H]([C@H](C)CC[C@@H](O)C(C)(C)O)CC[C@@H]23)C[C@@H](O)[C@H](CCn2ncnn2)[C@@H]1O. The Morgan fingerprint density at radius 3 is 2.68 bits per heavy atom. The summed E-state index contributed by atoms with van der Waals surface area (Å²) in [5.41, 5.74) is 2.29. The molecule has 0 saturated heterocycles. The van der Waals surface area contributed by atoms with E-state index >= 15 is 0 Å². The Labute approximate surface area is 227 Å². The summed E-state index contributed by atoms with van der Waals surface area (Å²) in [6.07, 6.45) is 12.1. The number of rotatable bonds is 9. The molecule has 0 aromatic carbocycles. The molecule has 0 bridgehead atoms. The van der Waals surface area contributed by atoms with Crippen LogP contribution >= 0.6 is 0 Å². The molecule has 3 aliphatic carbocycles. The molecule has 3 fully saturated rings. The molecule has 8 heteroatoms. The van der Waals surface area contributed by atoms with E-state index in [1.807, 2.05) is 0 Å². The zero-order valence-corrected chi connectivity index (χ0v) is 23.6. The summed E-state index contributed by atoms with van der Waals surface area (Å²) < 4.78 is 0. The van der Waals surface area contributed by atoms with E-state index in [1.165, 1.54) is 42.4 Å². The summed E-state index contributed by atoms with van der Waals surface area (Å²) in [7, 11) is 0. The lowest BCUT2D eigenvalue weighted by Crippen LogP contribution is -2.39. The topological polar surface area (TPSA) is 125 Å². The third kappa shape index (κ3) is 6.14. The molecule has 38 heavy (non-hydrogen) atoms. The number of hydrogen-bond donors (Lipinski definition) is 4. The first-order valence-corrected chi connectivity index (χ1v) is 14.5. The molecule has 0 aliphatic heterocycles. The zero-order chi connectivity index (χ0) is 27.7. The minimum absolute atomic E-state index is 0.241. The average Bonchev–Trinajstić information content (AvgIpc) is 3.50. The van der Waals surface area contributed by atoms with Gasteiger partial charge in [0, 0.05) is 5.92 Å². The van der Waals surface area contributed by atoms with Crippen molar-refractivity contribution in [2.45, 2.75) is 116 Å². The summed E-state index contributed by atoms with van der Waals surface area (Å²) in [6.45, 7) is 12.8. The Morgan fingerprint density at radius 2 is 2.00 bits per heavy atom. The van der Waals surface area contributed by atoms with Crippen LogP contribution in [0.2, 0.25) is 0 Å². The Bertz CT molecular complexity index is 1010. The summed E-state index contributed by atoms with van der Waals surface area (Å²) in [5, 5.41) is 53.9. The molecule has 8 nitrogen and oxygen atoms in total. The molecule has 1 heterocycles. The van der Waals surface area contributed by atoms with Gasteiger partial charge in [-0.2, -0.15) is 4.80 Å². The molecule has 3 saturated carbocycles. The van der Waals surface area contributed by atoms with Crippen molar-refractivity contribution in [1.82, 2.24) is 20.2 Å². The van der Waals surface area contributed by atoms with Crippen LogP contribution in [0.4, 0.5) is 0 Å². The van der Waals surface area contributed by atoms with Gasteiger partial charge in [0.05, 0.1) is 30.5 Å². The smallest absolute Gasteiger partial charge is 0.162 e. The number of tetrazole rings is 1.